The molecule has 3 aromatic rings. The van der Waals surface area contributed by atoms with Crippen LogP contribution in [0, 0.1) is 5.82 Å². The summed E-state index contributed by atoms with van der Waals surface area (Å²) in [5.41, 5.74) is 6.91. The number of halogens is 3. The van der Waals surface area contributed by atoms with Crippen LogP contribution in [0.3, 0.4) is 0 Å². The third-order valence-electron chi connectivity index (χ3n) is 2.86. The van der Waals surface area contributed by atoms with E-state index in [4.69, 9.17) is 28.9 Å². The fraction of sp³-hybridized carbons (Fsp3) is 0. The van der Waals surface area contributed by atoms with E-state index in [1.54, 1.807) is 18.2 Å². The van der Waals surface area contributed by atoms with Crippen molar-refractivity contribution in [2.45, 2.75) is 0 Å². The van der Waals surface area contributed by atoms with E-state index in [0.717, 1.165) is 0 Å². The highest BCUT2D eigenvalue weighted by atomic mass is 35.5. The summed E-state index contributed by atoms with van der Waals surface area (Å²) in [6.45, 7) is 0. The van der Waals surface area contributed by atoms with E-state index in [2.05, 4.69) is 15.5 Å². The number of nitrogen functional groups attached to an aromatic ring is 1. The zero-order valence-electron chi connectivity index (χ0n) is 10.5. The monoisotopic (exact) mass is 323 g/mol. The van der Waals surface area contributed by atoms with Crippen LogP contribution in [0.4, 0.5) is 10.1 Å². The first-order chi connectivity index (χ1) is 10.1. The van der Waals surface area contributed by atoms with Gasteiger partial charge in [-0.1, -0.05) is 23.2 Å². The van der Waals surface area contributed by atoms with Crippen molar-refractivity contribution in [3.63, 3.8) is 0 Å². The lowest BCUT2D eigenvalue weighted by Crippen LogP contribution is -2.03. The highest BCUT2D eigenvalue weighted by molar-refractivity contribution is 6.33. The molecule has 0 aliphatic carbocycles. The highest BCUT2D eigenvalue weighted by Crippen LogP contribution is 2.27. The first-order valence-corrected chi connectivity index (χ1v) is 6.61. The molecule has 2 N–H and O–H groups in total. The molecule has 5 nitrogen and oxygen atoms in total. The second-order valence-corrected chi connectivity index (χ2v) is 5.09. The number of benzene rings is 2. The lowest BCUT2D eigenvalue weighted by atomic mass is 10.2. The second kappa shape index (κ2) is 5.31. The van der Waals surface area contributed by atoms with Crippen LogP contribution >= 0.6 is 23.2 Å². The molecule has 0 radical (unpaired) electrons. The number of aromatic nitrogens is 4. The van der Waals surface area contributed by atoms with Gasteiger partial charge in [0, 0.05) is 10.6 Å². The molecule has 1 aromatic heterocycles. The molecule has 21 heavy (non-hydrogen) atoms. The second-order valence-electron chi connectivity index (χ2n) is 4.25. The molecule has 0 unspecified atom stereocenters. The molecule has 0 saturated heterocycles. The van der Waals surface area contributed by atoms with Gasteiger partial charge in [0.05, 0.1) is 10.7 Å². The van der Waals surface area contributed by atoms with Gasteiger partial charge >= 0.3 is 0 Å². The molecular formula is C13H8Cl2FN5. The van der Waals surface area contributed by atoms with Crippen LogP contribution in [0.5, 0.6) is 0 Å². The smallest absolute Gasteiger partial charge is 0.187 e. The third-order valence-corrected chi connectivity index (χ3v) is 3.44. The summed E-state index contributed by atoms with van der Waals surface area (Å²) in [4.78, 5) is 0. The summed E-state index contributed by atoms with van der Waals surface area (Å²) in [6, 6.07) is 9.08. The fourth-order valence-corrected chi connectivity index (χ4v) is 2.14. The average Bonchev–Trinajstić information content (AvgIpc) is 2.93. The van der Waals surface area contributed by atoms with Crippen molar-refractivity contribution in [2.24, 2.45) is 0 Å². The van der Waals surface area contributed by atoms with Gasteiger partial charge in [0.25, 0.3) is 0 Å². The Morgan fingerprint density at radius 3 is 2.67 bits per heavy atom. The Kier molecular flexibility index (Phi) is 3.48. The normalized spacial score (nSPS) is 10.8. The van der Waals surface area contributed by atoms with Gasteiger partial charge in [-0.15, -0.1) is 5.10 Å². The van der Waals surface area contributed by atoms with Crippen molar-refractivity contribution < 1.29 is 4.39 Å². The van der Waals surface area contributed by atoms with E-state index in [0.29, 0.717) is 27.1 Å². The topological polar surface area (TPSA) is 69.6 Å². The van der Waals surface area contributed by atoms with Gasteiger partial charge in [0.15, 0.2) is 5.82 Å². The molecular weight excluding hydrogens is 316 g/mol. The molecule has 0 bridgehead atoms. The van der Waals surface area contributed by atoms with Crippen molar-refractivity contribution >= 4 is 28.9 Å². The SMILES string of the molecule is Nc1cc(-c2nnnn2-c2cc(Cl)ccc2F)ccc1Cl. The zero-order valence-corrected chi connectivity index (χ0v) is 12.0. The van der Waals surface area contributed by atoms with Gasteiger partial charge in [-0.2, -0.15) is 4.68 Å². The number of tetrazole rings is 1. The van der Waals surface area contributed by atoms with Gasteiger partial charge in [-0.25, -0.2) is 4.39 Å². The Hall–Kier alpha value is -2.18. The maximum atomic E-state index is 14.0. The molecule has 0 saturated carbocycles. The largest absolute Gasteiger partial charge is 0.398 e. The van der Waals surface area contributed by atoms with E-state index in [1.807, 2.05) is 0 Å². The van der Waals surface area contributed by atoms with E-state index < -0.39 is 5.82 Å². The number of anilines is 1. The number of nitrogens with two attached hydrogens (primary N) is 1. The van der Waals surface area contributed by atoms with E-state index in [1.165, 1.54) is 22.9 Å². The number of hydrogen-bond donors (Lipinski definition) is 1. The maximum absolute atomic E-state index is 14.0. The number of nitrogens with zero attached hydrogens (tertiary/aromatic N) is 4. The molecule has 0 atom stereocenters. The van der Waals surface area contributed by atoms with E-state index >= 15 is 0 Å². The standard InChI is InChI=1S/C13H8Cl2FN5/c14-8-2-4-10(16)12(6-8)21-13(18-19-20-21)7-1-3-9(15)11(17)5-7/h1-6H,17H2. The van der Waals surface area contributed by atoms with Gasteiger partial charge in [0.2, 0.25) is 0 Å². The molecule has 106 valence electrons. The zero-order chi connectivity index (χ0) is 15.0. The summed E-state index contributed by atoms with van der Waals surface area (Å²) in [6.07, 6.45) is 0. The number of rotatable bonds is 2. The van der Waals surface area contributed by atoms with Gasteiger partial charge in [-0.3, -0.25) is 0 Å². The van der Waals surface area contributed by atoms with Crippen LogP contribution in [0.2, 0.25) is 10.0 Å². The third kappa shape index (κ3) is 2.55. The van der Waals surface area contributed by atoms with Crippen LogP contribution in [0.1, 0.15) is 0 Å². The molecule has 1 heterocycles. The van der Waals surface area contributed by atoms with Gasteiger partial charge in [-0.05, 0) is 46.8 Å². The molecule has 8 heteroatoms. The predicted molar refractivity (Wildman–Crippen MR) is 79.0 cm³/mol. The molecule has 0 fully saturated rings. The van der Waals surface area contributed by atoms with Crippen molar-refractivity contribution in [1.82, 2.24) is 20.2 Å². The first kappa shape index (κ1) is 13.8. The van der Waals surface area contributed by atoms with Crippen molar-refractivity contribution in [3.05, 3.63) is 52.3 Å². The first-order valence-electron chi connectivity index (χ1n) is 5.85. The summed E-state index contributed by atoms with van der Waals surface area (Å²) in [5.74, 6) is -0.158. The number of hydrogen-bond acceptors (Lipinski definition) is 4. The summed E-state index contributed by atoms with van der Waals surface area (Å²) >= 11 is 11.8. The minimum Gasteiger partial charge on any atom is -0.398 e. The lowest BCUT2D eigenvalue weighted by Gasteiger charge is -2.07. The predicted octanol–water partition coefficient (Wildman–Crippen LogP) is 3.36. The Morgan fingerprint density at radius 1 is 1.10 bits per heavy atom. The van der Waals surface area contributed by atoms with E-state index in [9.17, 15) is 4.39 Å². The molecule has 3 rings (SSSR count). The van der Waals surface area contributed by atoms with Crippen LogP contribution in [0.15, 0.2) is 36.4 Å². The minimum absolute atomic E-state index is 0.149. The molecule has 0 aliphatic rings. The summed E-state index contributed by atoms with van der Waals surface area (Å²) in [5, 5.41) is 12.1. The van der Waals surface area contributed by atoms with Crippen molar-refractivity contribution in [3.8, 4) is 17.1 Å². The lowest BCUT2D eigenvalue weighted by molar-refractivity contribution is 0.608. The van der Waals surface area contributed by atoms with Crippen LogP contribution in [0.25, 0.3) is 17.1 Å². The van der Waals surface area contributed by atoms with E-state index in [-0.39, 0.29) is 5.69 Å². The van der Waals surface area contributed by atoms with Crippen LogP contribution in [-0.4, -0.2) is 20.2 Å². The maximum Gasteiger partial charge on any atom is 0.187 e. The highest BCUT2D eigenvalue weighted by Gasteiger charge is 2.15. The van der Waals surface area contributed by atoms with Crippen molar-refractivity contribution in [1.29, 1.82) is 0 Å². The summed E-state index contributed by atoms with van der Waals surface area (Å²) in [7, 11) is 0. The summed E-state index contributed by atoms with van der Waals surface area (Å²) < 4.78 is 15.2. The Labute approximate surface area is 129 Å². The molecule has 0 aliphatic heterocycles. The molecule has 0 amide bonds. The van der Waals surface area contributed by atoms with Gasteiger partial charge in [0.1, 0.15) is 11.5 Å². The molecule has 0 spiro atoms. The average molecular weight is 324 g/mol. The Balaban J connectivity index is 2.17. The van der Waals surface area contributed by atoms with Crippen molar-refractivity contribution in [2.75, 3.05) is 5.73 Å². The quantitative estimate of drug-likeness (QED) is 0.734. The van der Waals surface area contributed by atoms with Crippen LogP contribution < -0.4 is 5.73 Å². The Bertz CT molecular complexity index is 818. The fourth-order valence-electron chi connectivity index (χ4n) is 1.86. The van der Waals surface area contributed by atoms with Gasteiger partial charge < -0.3 is 5.73 Å². The minimum atomic E-state index is -0.491. The Morgan fingerprint density at radius 2 is 1.90 bits per heavy atom. The van der Waals surface area contributed by atoms with Crippen LogP contribution in [-0.2, 0) is 0 Å². The molecule has 2 aromatic carbocycles.